The number of fused-ring (bicyclic) bond motifs is 1. The summed E-state index contributed by atoms with van der Waals surface area (Å²) >= 11 is 0. The summed E-state index contributed by atoms with van der Waals surface area (Å²) in [7, 11) is 0. The minimum Gasteiger partial charge on any atom is -0.382 e. The molecule has 0 radical (unpaired) electrons. The molecule has 1 aliphatic heterocycles. The maximum absolute atomic E-state index is 6.09. The summed E-state index contributed by atoms with van der Waals surface area (Å²) in [4.78, 5) is 0. The van der Waals surface area contributed by atoms with Crippen LogP contribution in [0.4, 0.5) is 5.69 Å². The second kappa shape index (κ2) is 3.84. The highest BCUT2D eigenvalue weighted by molar-refractivity contribution is 5.55. The summed E-state index contributed by atoms with van der Waals surface area (Å²) in [5.74, 6) is 0. The summed E-state index contributed by atoms with van der Waals surface area (Å²) in [5.41, 5.74) is 8.50. The van der Waals surface area contributed by atoms with Crippen molar-refractivity contribution < 1.29 is 0 Å². The first-order valence-electron chi connectivity index (χ1n) is 5.03. The first kappa shape index (κ1) is 9.28. The molecule has 0 spiro atoms. The van der Waals surface area contributed by atoms with Crippen LogP contribution in [0.1, 0.15) is 24.4 Å². The van der Waals surface area contributed by atoms with Crippen molar-refractivity contribution >= 4 is 5.69 Å². The maximum Gasteiger partial charge on any atom is 0.0390 e. The largest absolute Gasteiger partial charge is 0.382 e. The zero-order valence-electron chi connectivity index (χ0n) is 8.24. The van der Waals surface area contributed by atoms with Gasteiger partial charge in [-0.05, 0) is 24.5 Å². The Balaban J connectivity index is 2.24. The van der Waals surface area contributed by atoms with Gasteiger partial charge in [0.25, 0.3) is 0 Å². The van der Waals surface area contributed by atoms with Gasteiger partial charge in [0.2, 0.25) is 0 Å². The first-order chi connectivity index (χ1) is 6.81. The summed E-state index contributed by atoms with van der Waals surface area (Å²) in [6.07, 6.45) is 3.91. The third kappa shape index (κ3) is 1.66. The Hall–Kier alpha value is -1.28. The number of benzene rings is 1. The fraction of sp³-hybridized carbons (Fsp3) is 0.333. The van der Waals surface area contributed by atoms with Crippen LogP contribution in [0, 0.1) is 0 Å². The van der Waals surface area contributed by atoms with Crippen LogP contribution in [-0.2, 0) is 0 Å². The Morgan fingerprint density at radius 3 is 3.07 bits per heavy atom. The van der Waals surface area contributed by atoms with Crippen LogP contribution < -0.4 is 11.1 Å². The standard InChI is InChI=1S/C12H16N2/c1-2-5-9-8-11(13)10-6-3-4-7-12(10)14-9/h2-4,6-7,9,11,14H,1,5,8,13H2/t9-,11+/m1/s1. The van der Waals surface area contributed by atoms with Crippen molar-refractivity contribution in [3.05, 3.63) is 42.5 Å². The maximum atomic E-state index is 6.09. The van der Waals surface area contributed by atoms with Crippen molar-refractivity contribution in [2.75, 3.05) is 5.32 Å². The molecule has 0 aliphatic carbocycles. The molecule has 0 saturated carbocycles. The summed E-state index contributed by atoms with van der Waals surface area (Å²) in [6, 6.07) is 8.86. The molecule has 2 nitrogen and oxygen atoms in total. The zero-order valence-corrected chi connectivity index (χ0v) is 8.24. The lowest BCUT2D eigenvalue weighted by molar-refractivity contribution is 0.546. The minimum absolute atomic E-state index is 0.164. The Morgan fingerprint density at radius 2 is 2.29 bits per heavy atom. The molecule has 2 heteroatoms. The van der Waals surface area contributed by atoms with E-state index in [0.29, 0.717) is 6.04 Å². The SMILES string of the molecule is C=CC[C@@H]1C[C@H](N)c2ccccc2N1. The van der Waals surface area contributed by atoms with Crippen LogP contribution >= 0.6 is 0 Å². The van der Waals surface area contributed by atoms with E-state index in [0.717, 1.165) is 12.8 Å². The summed E-state index contributed by atoms with van der Waals surface area (Å²) in [6.45, 7) is 3.75. The highest BCUT2D eigenvalue weighted by atomic mass is 14.9. The Kier molecular flexibility index (Phi) is 2.55. The highest BCUT2D eigenvalue weighted by Gasteiger charge is 2.22. The highest BCUT2D eigenvalue weighted by Crippen LogP contribution is 2.31. The monoisotopic (exact) mass is 188 g/mol. The Bertz CT molecular complexity index is 333. The fourth-order valence-electron chi connectivity index (χ4n) is 2.02. The third-order valence-corrected chi connectivity index (χ3v) is 2.71. The van der Waals surface area contributed by atoms with E-state index in [1.54, 1.807) is 0 Å². The first-order valence-corrected chi connectivity index (χ1v) is 5.03. The molecular weight excluding hydrogens is 172 g/mol. The van der Waals surface area contributed by atoms with Gasteiger partial charge in [0, 0.05) is 17.8 Å². The molecule has 2 atom stereocenters. The third-order valence-electron chi connectivity index (χ3n) is 2.71. The van der Waals surface area contributed by atoms with Gasteiger partial charge in [-0.25, -0.2) is 0 Å². The predicted molar refractivity (Wildman–Crippen MR) is 60.2 cm³/mol. The molecular formula is C12H16N2. The molecule has 1 aromatic rings. The van der Waals surface area contributed by atoms with Crippen LogP contribution in [-0.4, -0.2) is 6.04 Å². The van der Waals surface area contributed by atoms with Crippen molar-refractivity contribution in [3.63, 3.8) is 0 Å². The van der Waals surface area contributed by atoms with Gasteiger partial charge in [0.05, 0.1) is 0 Å². The molecule has 0 bridgehead atoms. The van der Waals surface area contributed by atoms with Crippen molar-refractivity contribution in [2.45, 2.75) is 24.9 Å². The van der Waals surface area contributed by atoms with Gasteiger partial charge in [-0.1, -0.05) is 24.3 Å². The Morgan fingerprint density at radius 1 is 1.50 bits per heavy atom. The van der Waals surface area contributed by atoms with E-state index < -0.39 is 0 Å². The van der Waals surface area contributed by atoms with Gasteiger partial charge in [-0.15, -0.1) is 6.58 Å². The van der Waals surface area contributed by atoms with Gasteiger partial charge in [-0.3, -0.25) is 0 Å². The van der Waals surface area contributed by atoms with E-state index in [4.69, 9.17) is 5.73 Å². The lowest BCUT2D eigenvalue weighted by Gasteiger charge is -2.30. The number of anilines is 1. The summed E-state index contributed by atoms with van der Waals surface area (Å²) < 4.78 is 0. The van der Waals surface area contributed by atoms with Gasteiger partial charge in [-0.2, -0.15) is 0 Å². The van der Waals surface area contributed by atoms with E-state index in [1.165, 1.54) is 11.3 Å². The molecule has 0 unspecified atom stereocenters. The van der Waals surface area contributed by atoms with Crippen LogP contribution in [0.15, 0.2) is 36.9 Å². The van der Waals surface area contributed by atoms with Crippen LogP contribution in [0.25, 0.3) is 0 Å². The van der Waals surface area contributed by atoms with Crippen molar-refractivity contribution in [3.8, 4) is 0 Å². The molecule has 3 N–H and O–H groups in total. The molecule has 0 saturated heterocycles. The molecule has 0 aromatic heterocycles. The molecule has 1 heterocycles. The second-order valence-electron chi connectivity index (χ2n) is 3.80. The van der Waals surface area contributed by atoms with E-state index >= 15 is 0 Å². The number of para-hydroxylation sites is 1. The minimum atomic E-state index is 0.164. The predicted octanol–water partition coefficient (Wildman–Crippen LogP) is 2.45. The van der Waals surface area contributed by atoms with Crippen molar-refractivity contribution in [1.82, 2.24) is 0 Å². The van der Waals surface area contributed by atoms with Crippen LogP contribution in [0.2, 0.25) is 0 Å². The number of hydrogen-bond acceptors (Lipinski definition) is 2. The summed E-state index contributed by atoms with van der Waals surface area (Å²) in [5, 5.41) is 3.48. The van der Waals surface area contributed by atoms with E-state index in [-0.39, 0.29) is 6.04 Å². The molecule has 1 aliphatic rings. The lowest BCUT2D eigenvalue weighted by atomic mass is 9.92. The van der Waals surface area contributed by atoms with Crippen molar-refractivity contribution in [2.24, 2.45) is 5.73 Å². The molecule has 74 valence electrons. The van der Waals surface area contributed by atoms with Gasteiger partial charge in [0.1, 0.15) is 0 Å². The van der Waals surface area contributed by atoms with E-state index in [9.17, 15) is 0 Å². The quantitative estimate of drug-likeness (QED) is 0.700. The lowest BCUT2D eigenvalue weighted by Crippen LogP contribution is -2.31. The number of hydrogen-bond donors (Lipinski definition) is 2. The van der Waals surface area contributed by atoms with Crippen molar-refractivity contribution in [1.29, 1.82) is 0 Å². The fourth-order valence-corrected chi connectivity index (χ4v) is 2.02. The number of rotatable bonds is 2. The average Bonchev–Trinajstić information content (AvgIpc) is 2.18. The van der Waals surface area contributed by atoms with Crippen LogP contribution in [0.3, 0.4) is 0 Å². The molecule has 2 rings (SSSR count). The smallest absolute Gasteiger partial charge is 0.0390 e. The second-order valence-corrected chi connectivity index (χ2v) is 3.80. The zero-order chi connectivity index (χ0) is 9.97. The number of nitrogens with one attached hydrogen (secondary N) is 1. The molecule has 0 fully saturated rings. The van der Waals surface area contributed by atoms with Gasteiger partial charge >= 0.3 is 0 Å². The van der Waals surface area contributed by atoms with Crippen LogP contribution in [0.5, 0.6) is 0 Å². The number of nitrogens with two attached hydrogens (primary N) is 1. The average molecular weight is 188 g/mol. The van der Waals surface area contributed by atoms with E-state index in [2.05, 4.69) is 24.0 Å². The normalized spacial score (nSPS) is 24.9. The van der Waals surface area contributed by atoms with E-state index in [1.807, 2.05) is 18.2 Å². The molecule has 0 amide bonds. The molecule has 14 heavy (non-hydrogen) atoms. The Labute approximate surface area is 84.8 Å². The van der Waals surface area contributed by atoms with Gasteiger partial charge in [0.15, 0.2) is 0 Å². The topological polar surface area (TPSA) is 38.0 Å². The van der Waals surface area contributed by atoms with Gasteiger partial charge < -0.3 is 11.1 Å². The molecule has 1 aromatic carbocycles.